The summed E-state index contributed by atoms with van der Waals surface area (Å²) < 4.78 is 2.32. The number of nitrogens with zero attached hydrogens (tertiary/aromatic N) is 3. The van der Waals surface area contributed by atoms with Crippen LogP contribution in [0.1, 0.15) is 51.3 Å². The van der Waals surface area contributed by atoms with Crippen molar-refractivity contribution >= 4 is 0 Å². The first-order chi connectivity index (χ1) is 9.31. The number of likely N-dealkylation sites (tertiary alicyclic amines) is 1. The molecule has 1 aliphatic heterocycles. The van der Waals surface area contributed by atoms with Crippen LogP contribution in [0.5, 0.6) is 0 Å². The predicted molar refractivity (Wildman–Crippen MR) is 78.9 cm³/mol. The van der Waals surface area contributed by atoms with Gasteiger partial charge in [-0.05, 0) is 44.8 Å². The van der Waals surface area contributed by atoms with Gasteiger partial charge in [0.2, 0.25) is 0 Å². The summed E-state index contributed by atoms with van der Waals surface area (Å²) in [6.07, 6.45) is 9.02. The highest BCUT2D eigenvalue weighted by atomic mass is 15.2. The Hall–Kier alpha value is -0.870. The van der Waals surface area contributed by atoms with Gasteiger partial charge >= 0.3 is 0 Å². The molecule has 19 heavy (non-hydrogen) atoms. The van der Waals surface area contributed by atoms with Gasteiger partial charge in [0.25, 0.3) is 0 Å². The maximum atomic E-state index is 6.05. The Balaban J connectivity index is 2.30. The normalized spacial score (nSPS) is 25.4. The molecule has 2 rings (SSSR count). The smallest absolute Gasteiger partial charge is 0.0948 e. The Morgan fingerprint density at radius 2 is 2.21 bits per heavy atom. The molecule has 0 bridgehead atoms. The zero-order valence-electron chi connectivity index (χ0n) is 12.4. The Bertz CT molecular complexity index is 360. The predicted octanol–water partition coefficient (Wildman–Crippen LogP) is 2.41. The van der Waals surface area contributed by atoms with Crippen molar-refractivity contribution in [3.63, 3.8) is 0 Å². The fourth-order valence-electron chi connectivity index (χ4n) is 3.35. The van der Waals surface area contributed by atoms with E-state index in [2.05, 4.69) is 34.5 Å². The van der Waals surface area contributed by atoms with Crippen molar-refractivity contribution < 1.29 is 0 Å². The molecule has 2 unspecified atom stereocenters. The SMILES string of the molecule is CCCn1cncc1C1C(CN)CCCCN1CC. The van der Waals surface area contributed by atoms with Crippen molar-refractivity contribution in [2.75, 3.05) is 19.6 Å². The molecule has 0 aromatic carbocycles. The molecule has 1 aliphatic rings. The lowest BCUT2D eigenvalue weighted by atomic mass is 9.92. The number of aryl methyl sites for hydroxylation is 1. The van der Waals surface area contributed by atoms with Crippen molar-refractivity contribution in [1.82, 2.24) is 14.5 Å². The fourth-order valence-corrected chi connectivity index (χ4v) is 3.35. The molecular formula is C15H28N4. The third-order valence-corrected chi connectivity index (χ3v) is 4.33. The zero-order chi connectivity index (χ0) is 13.7. The molecule has 4 nitrogen and oxygen atoms in total. The van der Waals surface area contributed by atoms with Crippen molar-refractivity contribution in [1.29, 1.82) is 0 Å². The lowest BCUT2D eigenvalue weighted by molar-refractivity contribution is 0.158. The van der Waals surface area contributed by atoms with Gasteiger partial charge in [-0.25, -0.2) is 4.98 Å². The van der Waals surface area contributed by atoms with Gasteiger partial charge in [-0.1, -0.05) is 20.3 Å². The monoisotopic (exact) mass is 264 g/mol. The first-order valence-electron chi connectivity index (χ1n) is 7.75. The summed E-state index contributed by atoms with van der Waals surface area (Å²) in [6, 6.07) is 0.451. The van der Waals surface area contributed by atoms with E-state index in [0.717, 1.165) is 26.1 Å². The quantitative estimate of drug-likeness (QED) is 0.888. The van der Waals surface area contributed by atoms with Crippen LogP contribution in [0.2, 0.25) is 0 Å². The second-order valence-corrected chi connectivity index (χ2v) is 5.58. The van der Waals surface area contributed by atoms with Crippen molar-refractivity contribution in [3.8, 4) is 0 Å². The summed E-state index contributed by atoms with van der Waals surface area (Å²) in [5.74, 6) is 0.565. The van der Waals surface area contributed by atoms with Gasteiger partial charge in [0.05, 0.1) is 18.1 Å². The average molecular weight is 264 g/mol. The average Bonchev–Trinajstić information content (AvgIpc) is 2.77. The maximum Gasteiger partial charge on any atom is 0.0948 e. The summed E-state index contributed by atoms with van der Waals surface area (Å²) >= 11 is 0. The number of imidazole rings is 1. The molecule has 0 radical (unpaired) electrons. The van der Waals surface area contributed by atoms with E-state index < -0.39 is 0 Å². The first-order valence-corrected chi connectivity index (χ1v) is 7.75. The van der Waals surface area contributed by atoms with Gasteiger partial charge in [0, 0.05) is 12.7 Å². The molecule has 1 saturated heterocycles. The number of nitrogens with two attached hydrogens (primary N) is 1. The van der Waals surface area contributed by atoms with Gasteiger partial charge in [-0.15, -0.1) is 0 Å². The van der Waals surface area contributed by atoms with Gasteiger partial charge in [-0.2, -0.15) is 0 Å². The van der Waals surface area contributed by atoms with E-state index >= 15 is 0 Å². The van der Waals surface area contributed by atoms with Crippen LogP contribution in [0.4, 0.5) is 0 Å². The van der Waals surface area contributed by atoms with E-state index in [1.54, 1.807) is 0 Å². The highest BCUT2D eigenvalue weighted by molar-refractivity contribution is 5.09. The third-order valence-electron chi connectivity index (χ3n) is 4.33. The zero-order valence-corrected chi connectivity index (χ0v) is 12.4. The number of rotatable bonds is 5. The molecule has 1 aromatic rings. The number of hydrogen-bond acceptors (Lipinski definition) is 3. The van der Waals surface area contributed by atoms with E-state index in [0.29, 0.717) is 12.0 Å². The first kappa shape index (κ1) is 14.5. The van der Waals surface area contributed by atoms with Gasteiger partial charge < -0.3 is 10.3 Å². The summed E-state index contributed by atoms with van der Waals surface area (Å²) in [6.45, 7) is 8.59. The van der Waals surface area contributed by atoms with E-state index in [4.69, 9.17) is 5.73 Å². The van der Waals surface area contributed by atoms with Crippen LogP contribution in [-0.2, 0) is 6.54 Å². The van der Waals surface area contributed by atoms with E-state index in [9.17, 15) is 0 Å². The second kappa shape index (κ2) is 7.06. The minimum Gasteiger partial charge on any atom is -0.333 e. The van der Waals surface area contributed by atoms with Crippen molar-refractivity contribution in [2.45, 2.75) is 52.1 Å². The van der Waals surface area contributed by atoms with Crippen LogP contribution in [0.3, 0.4) is 0 Å². The van der Waals surface area contributed by atoms with Crippen LogP contribution in [0.25, 0.3) is 0 Å². The third kappa shape index (κ3) is 3.18. The Morgan fingerprint density at radius 1 is 1.37 bits per heavy atom. The van der Waals surface area contributed by atoms with E-state index in [-0.39, 0.29) is 0 Å². The van der Waals surface area contributed by atoms with Crippen LogP contribution in [-0.4, -0.2) is 34.1 Å². The summed E-state index contributed by atoms with van der Waals surface area (Å²) in [5.41, 5.74) is 7.42. The summed E-state index contributed by atoms with van der Waals surface area (Å²) in [5, 5.41) is 0. The number of hydrogen-bond donors (Lipinski definition) is 1. The van der Waals surface area contributed by atoms with Crippen LogP contribution >= 0.6 is 0 Å². The highest BCUT2D eigenvalue weighted by Gasteiger charge is 2.31. The largest absolute Gasteiger partial charge is 0.333 e. The minimum atomic E-state index is 0.451. The van der Waals surface area contributed by atoms with Gasteiger partial charge in [0.1, 0.15) is 0 Å². The highest BCUT2D eigenvalue weighted by Crippen LogP contribution is 2.34. The molecule has 2 atom stereocenters. The second-order valence-electron chi connectivity index (χ2n) is 5.58. The maximum absolute atomic E-state index is 6.05. The number of aromatic nitrogens is 2. The Labute approximate surface area is 117 Å². The van der Waals surface area contributed by atoms with Crippen molar-refractivity contribution in [3.05, 3.63) is 18.2 Å². The Morgan fingerprint density at radius 3 is 2.89 bits per heavy atom. The van der Waals surface area contributed by atoms with Crippen molar-refractivity contribution in [2.24, 2.45) is 11.7 Å². The molecule has 108 valence electrons. The molecule has 2 heterocycles. The van der Waals surface area contributed by atoms with Crippen LogP contribution in [0.15, 0.2) is 12.5 Å². The van der Waals surface area contributed by atoms with Crippen LogP contribution < -0.4 is 5.73 Å². The molecule has 0 aliphatic carbocycles. The molecule has 0 amide bonds. The molecule has 0 spiro atoms. The van der Waals surface area contributed by atoms with E-state index in [1.165, 1.54) is 31.5 Å². The minimum absolute atomic E-state index is 0.451. The molecular weight excluding hydrogens is 236 g/mol. The molecule has 1 aromatic heterocycles. The fraction of sp³-hybridized carbons (Fsp3) is 0.800. The molecule has 0 saturated carbocycles. The van der Waals surface area contributed by atoms with Gasteiger partial charge in [0.15, 0.2) is 0 Å². The van der Waals surface area contributed by atoms with Crippen LogP contribution in [0, 0.1) is 5.92 Å². The molecule has 2 N–H and O–H groups in total. The lowest BCUT2D eigenvalue weighted by Crippen LogP contribution is -2.36. The molecule has 4 heteroatoms. The standard InChI is InChI=1S/C15H28N4/c1-3-8-19-12-17-11-14(19)15-13(10-16)7-5-6-9-18(15)4-2/h11-13,15H,3-10,16H2,1-2H3. The summed E-state index contributed by atoms with van der Waals surface area (Å²) in [4.78, 5) is 6.97. The Kier molecular flexibility index (Phi) is 5.40. The topological polar surface area (TPSA) is 47.1 Å². The van der Waals surface area contributed by atoms with Gasteiger partial charge in [-0.3, -0.25) is 4.90 Å². The summed E-state index contributed by atoms with van der Waals surface area (Å²) in [7, 11) is 0. The lowest BCUT2D eigenvalue weighted by Gasteiger charge is -2.34. The molecule has 1 fully saturated rings. The van der Waals surface area contributed by atoms with E-state index in [1.807, 2.05) is 6.33 Å².